The van der Waals surface area contributed by atoms with Crippen LogP contribution in [0, 0.1) is 12.7 Å². The molecule has 0 saturated carbocycles. The maximum Gasteiger partial charge on any atom is 0.248 e. The van der Waals surface area contributed by atoms with Crippen molar-refractivity contribution < 1.29 is 4.39 Å². The van der Waals surface area contributed by atoms with Gasteiger partial charge in [-0.3, -0.25) is 4.79 Å². The van der Waals surface area contributed by atoms with E-state index in [1.807, 2.05) is 0 Å². The van der Waals surface area contributed by atoms with Gasteiger partial charge in [0.05, 0.1) is 5.69 Å². The molecular weight excluding hydrogens is 207 g/mol. The van der Waals surface area contributed by atoms with Crippen LogP contribution >= 0.6 is 0 Å². The summed E-state index contributed by atoms with van der Waals surface area (Å²) in [5.41, 5.74) is 7.34. The highest BCUT2D eigenvalue weighted by atomic mass is 19.1. The van der Waals surface area contributed by atoms with E-state index >= 15 is 0 Å². The Kier molecular flexibility index (Phi) is 2.48. The van der Waals surface area contributed by atoms with Crippen molar-refractivity contribution >= 4 is 5.69 Å². The highest BCUT2D eigenvalue weighted by Gasteiger charge is 2.03. The minimum absolute atomic E-state index is 0.102. The van der Waals surface area contributed by atoms with Crippen molar-refractivity contribution in [3.63, 3.8) is 0 Å². The Hall–Kier alpha value is -2.10. The number of anilines is 1. The molecule has 0 saturated heterocycles. The quantitative estimate of drug-likeness (QED) is 0.720. The van der Waals surface area contributed by atoms with Crippen LogP contribution in [0.5, 0.6) is 0 Å². The van der Waals surface area contributed by atoms with Gasteiger partial charge in [0, 0.05) is 11.8 Å². The van der Waals surface area contributed by atoms with E-state index in [0.717, 1.165) is 5.69 Å². The third kappa shape index (κ3) is 1.95. The number of aromatic nitrogens is 1. The van der Waals surface area contributed by atoms with Crippen molar-refractivity contribution in [1.29, 1.82) is 0 Å². The molecular formula is C12H11FN2O. The van der Waals surface area contributed by atoms with Crippen molar-refractivity contribution in [3.05, 3.63) is 52.2 Å². The average Bonchev–Trinajstić information content (AvgIpc) is 2.20. The van der Waals surface area contributed by atoms with Crippen molar-refractivity contribution in [2.75, 3.05) is 5.73 Å². The van der Waals surface area contributed by atoms with Crippen molar-refractivity contribution in [3.8, 4) is 11.1 Å². The zero-order valence-electron chi connectivity index (χ0n) is 8.75. The van der Waals surface area contributed by atoms with Crippen molar-refractivity contribution in [2.45, 2.75) is 6.92 Å². The molecule has 0 bridgehead atoms. The molecule has 4 heteroatoms. The van der Waals surface area contributed by atoms with Crippen LogP contribution in [0.25, 0.3) is 11.1 Å². The first-order valence-corrected chi connectivity index (χ1v) is 4.82. The van der Waals surface area contributed by atoms with Crippen LogP contribution in [0.1, 0.15) is 5.69 Å². The minimum atomic E-state index is -0.476. The highest BCUT2D eigenvalue weighted by Crippen LogP contribution is 2.21. The second kappa shape index (κ2) is 3.81. The summed E-state index contributed by atoms with van der Waals surface area (Å²) in [5.74, 6) is -0.476. The molecule has 0 radical (unpaired) electrons. The van der Waals surface area contributed by atoms with Crippen molar-refractivity contribution in [2.24, 2.45) is 0 Å². The number of hydrogen-bond donors (Lipinski definition) is 2. The summed E-state index contributed by atoms with van der Waals surface area (Å²) >= 11 is 0. The molecule has 0 aliphatic rings. The Balaban J connectivity index is 2.58. The molecule has 1 aromatic heterocycles. The Morgan fingerprint density at radius 1 is 1.19 bits per heavy atom. The smallest absolute Gasteiger partial charge is 0.248 e. The molecule has 16 heavy (non-hydrogen) atoms. The summed E-state index contributed by atoms with van der Waals surface area (Å²) in [5, 5.41) is 0. The zero-order chi connectivity index (χ0) is 11.7. The van der Waals surface area contributed by atoms with E-state index in [4.69, 9.17) is 5.73 Å². The van der Waals surface area contributed by atoms with Crippen LogP contribution in [0.15, 0.2) is 35.1 Å². The number of nitrogens with two attached hydrogens (primary N) is 1. The number of nitrogens with one attached hydrogen (secondary N) is 1. The van der Waals surface area contributed by atoms with Crippen LogP contribution in [0.2, 0.25) is 0 Å². The van der Waals surface area contributed by atoms with Gasteiger partial charge in [0.15, 0.2) is 0 Å². The molecule has 3 nitrogen and oxygen atoms in total. The SMILES string of the molecule is Cc1cc(-c2ccc(N)c(F)c2)cc(=O)[nH]1. The lowest BCUT2D eigenvalue weighted by Crippen LogP contribution is -2.05. The number of rotatable bonds is 1. The normalized spacial score (nSPS) is 10.4. The van der Waals surface area contributed by atoms with Crippen LogP contribution in [0.4, 0.5) is 10.1 Å². The third-order valence-corrected chi connectivity index (χ3v) is 2.31. The molecule has 0 amide bonds. The second-order valence-electron chi connectivity index (χ2n) is 3.65. The van der Waals surface area contributed by atoms with Gasteiger partial charge in [-0.25, -0.2) is 4.39 Å². The van der Waals surface area contributed by atoms with Crippen LogP contribution in [0.3, 0.4) is 0 Å². The topological polar surface area (TPSA) is 58.9 Å². The molecule has 0 atom stereocenters. The van der Waals surface area contributed by atoms with Gasteiger partial charge in [-0.1, -0.05) is 6.07 Å². The Bertz CT molecular complexity index is 590. The summed E-state index contributed by atoms with van der Waals surface area (Å²) in [6.07, 6.45) is 0. The predicted octanol–water partition coefficient (Wildman–Crippen LogP) is 2.07. The van der Waals surface area contributed by atoms with Gasteiger partial charge in [0.25, 0.3) is 0 Å². The maximum absolute atomic E-state index is 13.3. The number of nitrogen functional groups attached to an aromatic ring is 1. The fourth-order valence-electron chi connectivity index (χ4n) is 1.56. The molecule has 0 spiro atoms. The molecule has 3 N–H and O–H groups in total. The number of aryl methyl sites for hydroxylation is 1. The maximum atomic E-state index is 13.3. The molecule has 0 unspecified atom stereocenters. The van der Waals surface area contributed by atoms with Gasteiger partial charge in [-0.15, -0.1) is 0 Å². The summed E-state index contributed by atoms with van der Waals surface area (Å²) in [4.78, 5) is 13.9. The Labute approximate surface area is 91.7 Å². The van der Waals surface area contributed by atoms with Crippen molar-refractivity contribution in [1.82, 2.24) is 4.98 Å². The number of H-pyrrole nitrogens is 1. The molecule has 1 heterocycles. The summed E-state index contributed by atoms with van der Waals surface area (Å²) in [6, 6.07) is 7.71. The van der Waals surface area contributed by atoms with Gasteiger partial charge in [-0.05, 0) is 36.2 Å². The third-order valence-electron chi connectivity index (χ3n) is 2.31. The van der Waals surface area contributed by atoms with E-state index in [1.165, 1.54) is 18.2 Å². The fraction of sp³-hybridized carbons (Fsp3) is 0.0833. The van der Waals surface area contributed by atoms with E-state index in [-0.39, 0.29) is 11.2 Å². The van der Waals surface area contributed by atoms with Gasteiger partial charge < -0.3 is 10.7 Å². The lowest BCUT2D eigenvalue weighted by Gasteiger charge is -2.04. The summed E-state index contributed by atoms with van der Waals surface area (Å²) in [6.45, 7) is 1.78. The van der Waals surface area contributed by atoms with Gasteiger partial charge in [0.2, 0.25) is 5.56 Å². The first-order chi connectivity index (χ1) is 7.56. The molecule has 0 fully saturated rings. The van der Waals surface area contributed by atoms with Crippen LogP contribution < -0.4 is 11.3 Å². The fourth-order valence-corrected chi connectivity index (χ4v) is 1.56. The lowest BCUT2D eigenvalue weighted by atomic mass is 10.1. The minimum Gasteiger partial charge on any atom is -0.396 e. The number of aromatic amines is 1. The lowest BCUT2D eigenvalue weighted by molar-refractivity contribution is 0.633. The standard InChI is InChI=1S/C12H11FN2O/c1-7-4-9(6-12(16)15-7)8-2-3-11(14)10(13)5-8/h2-6H,14H2,1H3,(H,15,16). The molecule has 82 valence electrons. The summed E-state index contributed by atoms with van der Waals surface area (Å²) < 4.78 is 13.3. The van der Waals surface area contributed by atoms with E-state index in [0.29, 0.717) is 11.1 Å². The molecule has 2 aromatic rings. The molecule has 1 aromatic carbocycles. The Morgan fingerprint density at radius 2 is 1.94 bits per heavy atom. The first-order valence-electron chi connectivity index (χ1n) is 4.82. The first kappa shape index (κ1) is 10.4. The average molecular weight is 218 g/mol. The highest BCUT2D eigenvalue weighted by molar-refractivity contribution is 5.65. The van der Waals surface area contributed by atoms with Crippen LogP contribution in [-0.4, -0.2) is 4.98 Å². The van der Waals surface area contributed by atoms with Gasteiger partial charge in [0.1, 0.15) is 5.82 Å². The van der Waals surface area contributed by atoms with E-state index in [2.05, 4.69) is 4.98 Å². The summed E-state index contributed by atoms with van der Waals surface area (Å²) in [7, 11) is 0. The monoisotopic (exact) mass is 218 g/mol. The van der Waals surface area contributed by atoms with Gasteiger partial charge >= 0.3 is 0 Å². The number of hydrogen-bond acceptors (Lipinski definition) is 2. The zero-order valence-corrected chi connectivity index (χ0v) is 8.75. The van der Waals surface area contributed by atoms with E-state index in [9.17, 15) is 9.18 Å². The molecule has 0 aliphatic carbocycles. The Morgan fingerprint density at radius 3 is 2.56 bits per heavy atom. The number of benzene rings is 1. The molecule has 0 aliphatic heterocycles. The second-order valence-corrected chi connectivity index (χ2v) is 3.65. The van der Waals surface area contributed by atoms with Crippen LogP contribution in [-0.2, 0) is 0 Å². The van der Waals surface area contributed by atoms with Gasteiger partial charge in [-0.2, -0.15) is 0 Å². The predicted molar refractivity (Wildman–Crippen MR) is 61.6 cm³/mol. The van der Waals surface area contributed by atoms with E-state index in [1.54, 1.807) is 19.1 Å². The largest absolute Gasteiger partial charge is 0.396 e. The number of pyridine rings is 1. The van der Waals surface area contributed by atoms with E-state index < -0.39 is 5.82 Å². The molecule has 2 rings (SSSR count). The number of halogens is 1.